The van der Waals surface area contributed by atoms with Crippen LogP contribution in [0.3, 0.4) is 0 Å². The number of halogens is 2. The van der Waals surface area contributed by atoms with Crippen molar-refractivity contribution >= 4 is 38.6 Å². The van der Waals surface area contributed by atoms with Gasteiger partial charge in [-0.05, 0) is 29.8 Å². The van der Waals surface area contributed by atoms with E-state index in [1.54, 1.807) is 0 Å². The molecule has 0 amide bonds. The minimum Gasteiger partial charge on any atom is -0.322 e. The van der Waals surface area contributed by atoms with Crippen molar-refractivity contribution in [2.24, 2.45) is 0 Å². The molecule has 0 fully saturated rings. The zero-order chi connectivity index (χ0) is 13.2. The minimum atomic E-state index is 0.422. The molecule has 2 aromatic carbocycles. The minimum absolute atomic E-state index is 0.422. The van der Waals surface area contributed by atoms with E-state index in [0.717, 1.165) is 27.9 Å². The van der Waals surface area contributed by atoms with Crippen molar-refractivity contribution in [3.63, 3.8) is 0 Å². The quantitative estimate of drug-likeness (QED) is 0.640. The van der Waals surface area contributed by atoms with Crippen LogP contribution in [0.4, 0.5) is 0 Å². The number of hydrogen-bond donors (Lipinski definition) is 0. The number of benzene rings is 2. The van der Waals surface area contributed by atoms with Crippen LogP contribution in [0, 0.1) is 0 Å². The molecule has 0 N–H and O–H groups in total. The lowest BCUT2D eigenvalue weighted by atomic mass is 10.2. The molecule has 2 nitrogen and oxygen atoms in total. The lowest BCUT2D eigenvalue weighted by Gasteiger charge is -2.08. The lowest BCUT2D eigenvalue weighted by molar-refractivity contribution is 0.778. The molecule has 3 aromatic rings. The summed E-state index contributed by atoms with van der Waals surface area (Å²) in [5.41, 5.74) is 3.36. The first-order valence-electron chi connectivity index (χ1n) is 6.02. The summed E-state index contributed by atoms with van der Waals surface area (Å²) < 4.78 is 3.26. The average molecular weight is 336 g/mol. The van der Waals surface area contributed by atoms with Crippen LogP contribution in [-0.4, -0.2) is 9.55 Å². The summed E-state index contributed by atoms with van der Waals surface area (Å²) >= 11 is 9.46. The van der Waals surface area contributed by atoms with Crippen LogP contribution in [0.5, 0.6) is 0 Å². The summed E-state index contributed by atoms with van der Waals surface area (Å²) in [6.07, 6.45) is 0. The van der Waals surface area contributed by atoms with Gasteiger partial charge in [0.15, 0.2) is 0 Å². The molecule has 0 aliphatic carbocycles. The van der Waals surface area contributed by atoms with Crippen LogP contribution < -0.4 is 0 Å². The number of rotatable bonds is 3. The molecule has 0 saturated heterocycles. The highest BCUT2D eigenvalue weighted by atomic mass is 79.9. The maximum Gasteiger partial charge on any atom is 0.125 e. The first kappa shape index (κ1) is 12.7. The second kappa shape index (κ2) is 5.35. The van der Waals surface area contributed by atoms with Crippen molar-refractivity contribution in [1.82, 2.24) is 9.55 Å². The Morgan fingerprint density at radius 2 is 1.79 bits per heavy atom. The number of aromatic nitrogens is 2. The maximum absolute atomic E-state index is 6.00. The number of nitrogens with zero attached hydrogens (tertiary/aromatic N) is 2. The van der Waals surface area contributed by atoms with E-state index in [0.29, 0.717) is 5.88 Å². The average Bonchev–Trinajstić information content (AvgIpc) is 2.79. The molecular formula is C15H12BrClN2. The Morgan fingerprint density at radius 1 is 1.05 bits per heavy atom. The van der Waals surface area contributed by atoms with Crippen LogP contribution in [-0.2, 0) is 12.4 Å². The van der Waals surface area contributed by atoms with Crippen molar-refractivity contribution in [2.45, 2.75) is 12.4 Å². The van der Waals surface area contributed by atoms with Gasteiger partial charge in [-0.3, -0.25) is 0 Å². The van der Waals surface area contributed by atoms with Crippen molar-refractivity contribution in [2.75, 3.05) is 0 Å². The van der Waals surface area contributed by atoms with Crippen LogP contribution in [0.25, 0.3) is 11.0 Å². The molecule has 1 heterocycles. The maximum atomic E-state index is 6.00. The molecule has 0 atom stereocenters. The van der Waals surface area contributed by atoms with Gasteiger partial charge in [-0.1, -0.05) is 40.2 Å². The number of hydrogen-bond acceptors (Lipinski definition) is 1. The Kier molecular flexibility index (Phi) is 3.58. The highest BCUT2D eigenvalue weighted by molar-refractivity contribution is 9.10. The third-order valence-corrected chi connectivity index (χ3v) is 3.87. The van der Waals surface area contributed by atoms with Crippen molar-refractivity contribution in [3.8, 4) is 0 Å². The summed E-state index contributed by atoms with van der Waals surface area (Å²) in [6.45, 7) is 0.788. The number of para-hydroxylation sites is 2. The molecule has 0 aliphatic heterocycles. The van der Waals surface area contributed by atoms with Crippen LogP contribution in [0.1, 0.15) is 11.4 Å². The normalized spacial score (nSPS) is 11.1. The highest BCUT2D eigenvalue weighted by Gasteiger charge is 2.09. The summed E-state index contributed by atoms with van der Waals surface area (Å²) in [7, 11) is 0. The molecule has 0 unspecified atom stereocenters. The summed E-state index contributed by atoms with van der Waals surface area (Å²) in [5.74, 6) is 1.33. The van der Waals surface area contributed by atoms with Gasteiger partial charge < -0.3 is 4.57 Å². The second-order valence-corrected chi connectivity index (χ2v) is 5.55. The van der Waals surface area contributed by atoms with Gasteiger partial charge in [0, 0.05) is 11.0 Å². The zero-order valence-electron chi connectivity index (χ0n) is 10.2. The van der Waals surface area contributed by atoms with E-state index >= 15 is 0 Å². The van der Waals surface area contributed by atoms with E-state index < -0.39 is 0 Å². The molecular weight excluding hydrogens is 324 g/mol. The molecule has 19 heavy (non-hydrogen) atoms. The molecule has 3 rings (SSSR count). The number of fused-ring (bicyclic) bond motifs is 1. The molecule has 0 saturated carbocycles. The fraction of sp³-hybridized carbons (Fsp3) is 0.133. The largest absolute Gasteiger partial charge is 0.322 e. The first-order valence-corrected chi connectivity index (χ1v) is 7.35. The summed E-state index contributed by atoms with van der Waals surface area (Å²) in [5, 5.41) is 0. The van der Waals surface area contributed by atoms with Crippen LogP contribution in [0.2, 0.25) is 0 Å². The van der Waals surface area contributed by atoms with E-state index in [4.69, 9.17) is 11.6 Å². The van der Waals surface area contributed by atoms with Crippen molar-refractivity contribution in [1.29, 1.82) is 0 Å². The predicted octanol–water partition coefficient (Wildman–Crippen LogP) is 4.59. The smallest absolute Gasteiger partial charge is 0.125 e. The van der Waals surface area contributed by atoms with Gasteiger partial charge in [-0.15, -0.1) is 11.6 Å². The Hall–Kier alpha value is -1.32. The van der Waals surface area contributed by atoms with Gasteiger partial charge in [0.1, 0.15) is 5.82 Å². The molecule has 96 valence electrons. The SMILES string of the molecule is ClCc1nc2ccccc2n1Cc1ccc(Br)cc1. The Morgan fingerprint density at radius 3 is 2.53 bits per heavy atom. The molecule has 0 spiro atoms. The third-order valence-electron chi connectivity index (χ3n) is 3.11. The van der Waals surface area contributed by atoms with E-state index in [9.17, 15) is 0 Å². The van der Waals surface area contributed by atoms with Gasteiger partial charge in [-0.25, -0.2) is 4.98 Å². The molecule has 4 heteroatoms. The van der Waals surface area contributed by atoms with Crippen molar-refractivity contribution in [3.05, 3.63) is 64.4 Å². The Labute approximate surface area is 125 Å². The fourth-order valence-electron chi connectivity index (χ4n) is 2.18. The highest BCUT2D eigenvalue weighted by Crippen LogP contribution is 2.20. The Balaban J connectivity index is 2.06. The fourth-order valence-corrected chi connectivity index (χ4v) is 2.64. The van der Waals surface area contributed by atoms with Gasteiger partial charge in [0.25, 0.3) is 0 Å². The summed E-state index contributed by atoms with van der Waals surface area (Å²) in [6, 6.07) is 16.4. The van der Waals surface area contributed by atoms with Crippen LogP contribution >= 0.6 is 27.5 Å². The van der Waals surface area contributed by atoms with Gasteiger partial charge >= 0.3 is 0 Å². The van der Waals surface area contributed by atoms with Gasteiger partial charge in [-0.2, -0.15) is 0 Å². The van der Waals surface area contributed by atoms with Gasteiger partial charge in [0.05, 0.1) is 16.9 Å². The van der Waals surface area contributed by atoms with E-state index in [2.05, 4.69) is 55.8 Å². The zero-order valence-corrected chi connectivity index (χ0v) is 12.5. The van der Waals surface area contributed by atoms with E-state index in [1.807, 2.05) is 18.2 Å². The standard InChI is InChI=1S/C15H12BrClN2/c16-12-7-5-11(6-8-12)10-19-14-4-2-1-3-13(14)18-15(19)9-17/h1-8H,9-10H2. The monoisotopic (exact) mass is 334 g/mol. The van der Waals surface area contributed by atoms with E-state index in [-0.39, 0.29) is 0 Å². The lowest BCUT2D eigenvalue weighted by Crippen LogP contribution is -2.03. The topological polar surface area (TPSA) is 17.8 Å². The molecule has 0 radical (unpaired) electrons. The van der Waals surface area contributed by atoms with Crippen LogP contribution in [0.15, 0.2) is 53.0 Å². The molecule has 1 aromatic heterocycles. The van der Waals surface area contributed by atoms with Gasteiger partial charge in [0.2, 0.25) is 0 Å². The Bertz CT molecular complexity index is 704. The number of alkyl halides is 1. The van der Waals surface area contributed by atoms with Crippen molar-refractivity contribution < 1.29 is 0 Å². The van der Waals surface area contributed by atoms with E-state index in [1.165, 1.54) is 5.56 Å². The third kappa shape index (κ3) is 2.53. The summed E-state index contributed by atoms with van der Waals surface area (Å²) in [4.78, 5) is 4.57. The molecule has 0 aliphatic rings. The molecule has 0 bridgehead atoms. The predicted molar refractivity (Wildman–Crippen MR) is 82.5 cm³/mol. The second-order valence-electron chi connectivity index (χ2n) is 4.36. The first-order chi connectivity index (χ1) is 9.28. The number of imidazole rings is 1.